The van der Waals surface area contributed by atoms with E-state index in [0.29, 0.717) is 21.5 Å². The lowest BCUT2D eigenvalue weighted by atomic mass is 10.0. The Kier molecular flexibility index (Phi) is 3.81. The number of aliphatic hydroxyl groups excluding tert-OH is 2. The van der Waals surface area contributed by atoms with Crippen molar-refractivity contribution < 1.29 is 10.2 Å². The summed E-state index contributed by atoms with van der Waals surface area (Å²) < 4.78 is 0. The van der Waals surface area contributed by atoms with Gasteiger partial charge in [-0.15, -0.1) is 0 Å². The molecule has 0 aliphatic heterocycles. The first-order valence-corrected chi connectivity index (χ1v) is 7.48. The van der Waals surface area contributed by atoms with E-state index in [-0.39, 0.29) is 18.6 Å². The lowest BCUT2D eigenvalue weighted by Crippen LogP contribution is -2.16. The average molecular weight is 342 g/mol. The van der Waals surface area contributed by atoms with Crippen molar-refractivity contribution >= 4 is 31.9 Å². The van der Waals surface area contributed by atoms with Gasteiger partial charge in [0.1, 0.15) is 0 Å². The van der Waals surface area contributed by atoms with Gasteiger partial charge in [-0.3, -0.25) is 0 Å². The third-order valence-corrected chi connectivity index (χ3v) is 7.24. The molecule has 4 atom stereocenters. The Morgan fingerprint density at radius 2 is 1.27 bits per heavy atom. The van der Waals surface area contributed by atoms with Gasteiger partial charge in [-0.1, -0.05) is 31.9 Å². The third kappa shape index (κ3) is 2.03. The predicted molar refractivity (Wildman–Crippen MR) is 67.5 cm³/mol. The van der Waals surface area contributed by atoms with E-state index in [1.807, 2.05) is 0 Å². The molecule has 2 fully saturated rings. The Labute approximate surface area is 108 Å². The van der Waals surface area contributed by atoms with Gasteiger partial charge >= 0.3 is 0 Å². The highest BCUT2D eigenvalue weighted by molar-refractivity contribution is 9.12. The predicted octanol–water partition coefficient (Wildman–Crippen LogP) is 2.30. The highest BCUT2D eigenvalue weighted by Crippen LogP contribution is 2.63. The minimum atomic E-state index is -0.149. The zero-order chi connectivity index (χ0) is 11.1. The number of hydrogen-bond acceptors (Lipinski definition) is 2. The molecular weight excluding hydrogens is 324 g/mol. The summed E-state index contributed by atoms with van der Waals surface area (Å²) in [7, 11) is 0. The molecular formula is C11H18Br2O2. The standard InChI is InChI=1S/C11H18Br2O2/c12-9-3-1-7-8(2-4-10(9)13)11(7,5-14)6-15/h7-10,14-15H,1-6H2/t7-,8+,9-,10-/m0/s1. The van der Waals surface area contributed by atoms with Gasteiger partial charge in [-0.05, 0) is 37.5 Å². The van der Waals surface area contributed by atoms with E-state index in [4.69, 9.17) is 0 Å². The summed E-state index contributed by atoms with van der Waals surface area (Å²) in [6, 6.07) is 0. The zero-order valence-corrected chi connectivity index (χ0v) is 11.9. The van der Waals surface area contributed by atoms with Gasteiger partial charge in [0, 0.05) is 15.1 Å². The van der Waals surface area contributed by atoms with Crippen molar-refractivity contribution in [2.45, 2.75) is 35.3 Å². The molecule has 88 valence electrons. The van der Waals surface area contributed by atoms with Gasteiger partial charge in [0.05, 0.1) is 13.2 Å². The van der Waals surface area contributed by atoms with Crippen LogP contribution in [-0.2, 0) is 0 Å². The zero-order valence-electron chi connectivity index (χ0n) is 8.70. The van der Waals surface area contributed by atoms with Crippen LogP contribution in [0.1, 0.15) is 25.7 Å². The Hall–Kier alpha value is 0.880. The van der Waals surface area contributed by atoms with Crippen LogP contribution >= 0.6 is 31.9 Å². The molecule has 2 aliphatic carbocycles. The van der Waals surface area contributed by atoms with Crippen molar-refractivity contribution in [2.75, 3.05) is 13.2 Å². The first-order chi connectivity index (χ1) is 7.15. The van der Waals surface area contributed by atoms with Crippen LogP contribution in [0.2, 0.25) is 0 Å². The molecule has 0 aromatic heterocycles. The van der Waals surface area contributed by atoms with Crippen LogP contribution in [0.3, 0.4) is 0 Å². The first kappa shape index (κ1) is 12.3. The van der Waals surface area contributed by atoms with Gasteiger partial charge in [-0.2, -0.15) is 0 Å². The molecule has 0 unspecified atom stereocenters. The molecule has 2 rings (SSSR count). The minimum Gasteiger partial charge on any atom is -0.396 e. The second-order valence-electron chi connectivity index (χ2n) is 4.95. The van der Waals surface area contributed by atoms with E-state index in [2.05, 4.69) is 31.9 Å². The number of fused-ring (bicyclic) bond motifs is 1. The maximum Gasteiger partial charge on any atom is 0.0514 e. The van der Waals surface area contributed by atoms with E-state index in [0.717, 1.165) is 25.7 Å². The molecule has 0 bridgehead atoms. The summed E-state index contributed by atoms with van der Waals surface area (Å²) in [5, 5.41) is 18.8. The largest absolute Gasteiger partial charge is 0.396 e. The minimum absolute atomic E-state index is 0.149. The van der Waals surface area contributed by atoms with Crippen LogP contribution in [0.15, 0.2) is 0 Å². The van der Waals surface area contributed by atoms with Crippen molar-refractivity contribution in [2.24, 2.45) is 17.3 Å². The van der Waals surface area contributed by atoms with Crippen molar-refractivity contribution in [1.82, 2.24) is 0 Å². The van der Waals surface area contributed by atoms with Gasteiger partial charge < -0.3 is 10.2 Å². The Morgan fingerprint density at radius 1 is 0.867 bits per heavy atom. The highest BCUT2D eigenvalue weighted by atomic mass is 79.9. The lowest BCUT2D eigenvalue weighted by Gasteiger charge is -2.18. The average Bonchev–Trinajstić information content (AvgIpc) is 2.87. The molecule has 2 aliphatic rings. The molecule has 0 aromatic carbocycles. The summed E-state index contributed by atoms with van der Waals surface area (Å²) in [6.45, 7) is 0.303. The SMILES string of the molecule is OCC1(CO)[C@@H]2CC[C@H](Br)[C@@H](Br)CC[C@@H]21. The smallest absolute Gasteiger partial charge is 0.0514 e. The number of hydrogen-bond donors (Lipinski definition) is 2. The number of alkyl halides is 2. The Bertz CT molecular complexity index is 211. The second kappa shape index (κ2) is 4.63. The molecule has 0 saturated heterocycles. The van der Waals surface area contributed by atoms with Crippen molar-refractivity contribution in [3.8, 4) is 0 Å². The molecule has 0 radical (unpaired) electrons. The number of halogens is 2. The quantitative estimate of drug-likeness (QED) is 0.757. The van der Waals surface area contributed by atoms with Crippen molar-refractivity contribution in [3.63, 3.8) is 0 Å². The van der Waals surface area contributed by atoms with E-state index in [1.54, 1.807) is 0 Å². The summed E-state index contributed by atoms with van der Waals surface area (Å²) in [5.41, 5.74) is -0.149. The van der Waals surface area contributed by atoms with Crippen LogP contribution < -0.4 is 0 Å². The van der Waals surface area contributed by atoms with Crippen LogP contribution in [0, 0.1) is 17.3 Å². The highest BCUT2D eigenvalue weighted by Gasteiger charge is 2.62. The topological polar surface area (TPSA) is 40.5 Å². The van der Waals surface area contributed by atoms with Crippen molar-refractivity contribution in [1.29, 1.82) is 0 Å². The molecule has 15 heavy (non-hydrogen) atoms. The molecule has 0 amide bonds. The molecule has 2 saturated carbocycles. The van der Waals surface area contributed by atoms with Crippen LogP contribution in [0.4, 0.5) is 0 Å². The van der Waals surface area contributed by atoms with Gasteiger partial charge in [0.15, 0.2) is 0 Å². The third-order valence-electron chi connectivity index (χ3n) is 4.34. The maximum absolute atomic E-state index is 9.42. The van der Waals surface area contributed by atoms with Gasteiger partial charge in [0.2, 0.25) is 0 Å². The van der Waals surface area contributed by atoms with Gasteiger partial charge in [0.25, 0.3) is 0 Å². The number of rotatable bonds is 2. The first-order valence-electron chi connectivity index (χ1n) is 5.65. The summed E-state index contributed by atoms with van der Waals surface area (Å²) in [4.78, 5) is 1.07. The van der Waals surface area contributed by atoms with Crippen molar-refractivity contribution in [3.05, 3.63) is 0 Å². The normalized spacial score (nSPS) is 44.0. The maximum atomic E-state index is 9.42. The van der Waals surface area contributed by atoms with Gasteiger partial charge in [-0.25, -0.2) is 0 Å². The monoisotopic (exact) mass is 340 g/mol. The van der Waals surface area contributed by atoms with E-state index in [9.17, 15) is 10.2 Å². The molecule has 4 heteroatoms. The summed E-state index contributed by atoms with van der Waals surface area (Å²) in [5.74, 6) is 1.10. The van der Waals surface area contributed by atoms with E-state index < -0.39 is 0 Å². The fraction of sp³-hybridized carbons (Fsp3) is 1.00. The molecule has 2 N–H and O–H groups in total. The second-order valence-corrected chi connectivity index (χ2v) is 7.30. The molecule has 0 spiro atoms. The molecule has 0 aromatic rings. The Balaban J connectivity index is 2.03. The van der Waals surface area contributed by atoms with E-state index >= 15 is 0 Å². The fourth-order valence-electron chi connectivity index (χ4n) is 3.21. The molecule has 2 nitrogen and oxygen atoms in total. The summed E-state index contributed by atoms with van der Waals surface area (Å²) in [6.07, 6.45) is 4.53. The molecule has 0 heterocycles. The Morgan fingerprint density at radius 3 is 1.60 bits per heavy atom. The number of aliphatic hydroxyl groups is 2. The fourth-order valence-corrected chi connectivity index (χ4v) is 4.26. The van der Waals surface area contributed by atoms with Crippen LogP contribution in [-0.4, -0.2) is 33.1 Å². The summed E-state index contributed by atoms with van der Waals surface area (Å²) >= 11 is 7.39. The van der Waals surface area contributed by atoms with E-state index in [1.165, 1.54) is 0 Å². The van der Waals surface area contributed by atoms with Crippen LogP contribution in [0.5, 0.6) is 0 Å². The lowest BCUT2D eigenvalue weighted by molar-refractivity contribution is 0.111. The van der Waals surface area contributed by atoms with Crippen LogP contribution in [0.25, 0.3) is 0 Å².